The van der Waals surface area contributed by atoms with Gasteiger partial charge in [0.2, 0.25) is 11.8 Å². The number of hydrogen-bond donors (Lipinski definition) is 0. The molecule has 23 heavy (non-hydrogen) atoms. The maximum absolute atomic E-state index is 12.6. The molecule has 6 heteroatoms. The van der Waals surface area contributed by atoms with E-state index in [4.69, 9.17) is 14.2 Å². The lowest BCUT2D eigenvalue weighted by Crippen LogP contribution is -2.27. The van der Waals surface area contributed by atoms with Gasteiger partial charge in [-0.15, -0.1) is 0 Å². The molecule has 0 N–H and O–H groups in total. The lowest BCUT2D eigenvalue weighted by molar-refractivity contribution is -0.147. The Morgan fingerprint density at radius 3 is 2.26 bits per heavy atom. The molecular weight excluding hydrogens is 296 g/mol. The standard InChI is InChI=1S/C17H26N2O4/c1-6-23-17(20)15(12-8-10(2)7-11(12)3)16-18-13(21-4)9-14(19-16)22-5/h9-12,15H,6-8H2,1-5H3. The molecule has 0 aliphatic heterocycles. The van der Waals surface area contributed by atoms with E-state index in [9.17, 15) is 4.79 Å². The number of ether oxygens (including phenoxy) is 3. The largest absolute Gasteiger partial charge is 0.481 e. The quantitative estimate of drug-likeness (QED) is 0.750. The van der Waals surface area contributed by atoms with E-state index in [2.05, 4.69) is 23.8 Å². The summed E-state index contributed by atoms with van der Waals surface area (Å²) in [5.74, 6) is 1.61. The van der Waals surface area contributed by atoms with Crippen LogP contribution in [0.2, 0.25) is 0 Å². The van der Waals surface area contributed by atoms with Crippen molar-refractivity contribution in [2.45, 2.75) is 39.5 Å². The number of hydrogen-bond acceptors (Lipinski definition) is 6. The van der Waals surface area contributed by atoms with Crippen molar-refractivity contribution < 1.29 is 19.0 Å². The second-order valence-corrected chi connectivity index (χ2v) is 6.26. The van der Waals surface area contributed by atoms with Crippen LogP contribution in [-0.2, 0) is 9.53 Å². The summed E-state index contributed by atoms with van der Waals surface area (Å²) in [4.78, 5) is 21.4. The topological polar surface area (TPSA) is 70.5 Å². The summed E-state index contributed by atoms with van der Waals surface area (Å²) in [5, 5.41) is 0. The van der Waals surface area contributed by atoms with Crippen LogP contribution in [-0.4, -0.2) is 36.8 Å². The summed E-state index contributed by atoms with van der Waals surface area (Å²) in [6, 6.07) is 1.60. The second-order valence-electron chi connectivity index (χ2n) is 6.26. The highest BCUT2D eigenvalue weighted by Gasteiger charge is 2.42. The Kier molecular flexibility index (Phi) is 5.80. The first kappa shape index (κ1) is 17.5. The summed E-state index contributed by atoms with van der Waals surface area (Å²) >= 11 is 0. The Hall–Kier alpha value is -1.85. The lowest BCUT2D eigenvalue weighted by Gasteiger charge is -2.24. The van der Waals surface area contributed by atoms with Crippen molar-refractivity contribution >= 4 is 5.97 Å². The zero-order valence-electron chi connectivity index (χ0n) is 14.5. The summed E-state index contributed by atoms with van der Waals surface area (Å²) in [5.41, 5.74) is 0. The van der Waals surface area contributed by atoms with Gasteiger partial charge in [0.15, 0.2) is 5.82 Å². The van der Waals surface area contributed by atoms with E-state index in [-0.39, 0.29) is 11.9 Å². The normalized spacial score (nSPS) is 25.0. The molecule has 1 aromatic heterocycles. The first-order chi connectivity index (χ1) is 11.0. The number of rotatable bonds is 6. The number of carbonyl (C=O) groups is 1. The highest BCUT2D eigenvalue weighted by Crippen LogP contribution is 2.44. The SMILES string of the molecule is CCOC(=O)C(c1nc(OC)cc(OC)n1)C1CC(C)CC1C. The summed E-state index contributed by atoms with van der Waals surface area (Å²) in [6.45, 7) is 6.54. The molecule has 1 aromatic rings. The first-order valence-corrected chi connectivity index (χ1v) is 8.13. The van der Waals surface area contributed by atoms with Crippen LogP contribution in [0.5, 0.6) is 11.8 Å². The predicted octanol–water partition coefficient (Wildman–Crippen LogP) is 2.82. The minimum atomic E-state index is -0.487. The van der Waals surface area contributed by atoms with Gasteiger partial charge in [-0.3, -0.25) is 4.79 Å². The van der Waals surface area contributed by atoms with Crippen LogP contribution in [0.1, 0.15) is 45.4 Å². The summed E-state index contributed by atoms with van der Waals surface area (Å²) < 4.78 is 15.7. The molecule has 2 rings (SSSR count). The van der Waals surface area contributed by atoms with Gasteiger partial charge in [-0.05, 0) is 37.5 Å². The van der Waals surface area contributed by atoms with Gasteiger partial charge in [0.05, 0.1) is 26.9 Å². The summed E-state index contributed by atoms with van der Waals surface area (Å²) in [6.07, 6.45) is 2.06. The van der Waals surface area contributed by atoms with E-state index in [1.807, 2.05) is 6.92 Å². The molecule has 6 nitrogen and oxygen atoms in total. The fourth-order valence-corrected chi connectivity index (χ4v) is 3.54. The number of methoxy groups -OCH3 is 2. The highest BCUT2D eigenvalue weighted by molar-refractivity contribution is 5.77. The third-order valence-electron chi connectivity index (χ3n) is 4.54. The average molecular weight is 322 g/mol. The van der Waals surface area contributed by atoms with E-state index < -0.39 is 5.92 Å². The van der Waals surface area contributed by atoms with Crippen molar-refractivity contribution in [1.29, 1.82) is 0 Å². The molecule has 1 aliphatic carbocycles. The molecule has 1 heterocycles. The first-order valence-electron chi connectivity index (χ1n) is 8.13. The minimum Gasteiger partial charge on any atom is -0.481 e. The molecule has 0 radical (unpaired) electrons. The zero-order chi connectivity index (χ0) is 17.0. The molecule has 4 atom stereocenters. The van der Waals surface area contributed by atoms with E-state index in [0.29, 0.717) is 36.0 Å². The van der Waals surface area contributed by atoms with Crippen LogP contribution in [0.15, 0.2) is 6.07 Å². The molecule has 128 valence electrons. The van der Waals surface area contributed by atoms with Crippen molar-refractivity contribution in [3.63, 3.8) is 0 Å². The highest BCUT2D eigenvalue weighted by atomic mass is 16.5. The third-order valence-corrected chi connectivity index (χ3v) is 4.54. The van der Waals surface area contributed by atoms with Crippen LogP contribution in [0, 0.1) is 17.8 Å². The van der Waals surface area contributed by atoms with Crippen LogP contribution < -0.4 is 9.47 Å². The van der Waals surface area contributed by atoms with Crippen LogP contribution in [0.3, 0.4) is 0 Å². The molecule has 4 unspecified atom stereocenters. The van der Waals surface area contributed by atoms with Crippen molar-refractivity contribution in [2.75, 3.05) is 20.8 Å². The molecular formula is C17H26N2O4. The molecule has 0 bridgehead atoms. The Bertz CT molecular complexity index is 527. The van der Waals surface area contributed by atoms with Crippen molar-refractivity contribution in [2.24, 2.45) is 17.8 Å². The smallest absolute Gasteiger partial charge is 0.316 e. The monoisotopic (exact) mass is 322 g/mol. The lowest BCUT2D eigenvalue weighted by atomic mass is 9.84. The molecule has 0 saturated heterocycles. The van der Waals surface area contributed by atoms with Crippen molar-refractivity contribution in [3.8, 4) is 11.8 Å². The van der Waals surface area contributed by atoms with Crippen molar-refractivity contribution in [3.05, 3.63) is 11.9 Å². The Morgan fingerprint density at radius 1 is 1.22 bits per heavy atom. The van der Waals surface area contributed by atoms with Crippen LogP contribution in [0.25, 0.3) is 0 Å². The molecule has 1 aliphatic rings. The molecule has 0 aromatic carbocycles. The van der Waals surface area contributed by atoms with Gasteiger partial charge in [0, 0.05) is 0 Å². The van der Waals surface area contributed by atoms with Gasteiger partial charge >= 0.3 is 5.97 Å². The average Bonchev–Trinajstić information content (AvgIpc) is 2.85. The van der Waals surface area contributed by atoms with Crippen LogP contribution >= 0.6 is 0 Å². The maximum Gasteiger partial charge on any atom is 0.316 e. The maximum atomic E-state index is 12.6. The fraction of sp³-hybridized carbons (Fsp3) is 0.706. The Labute approximate surface area is 137 Å². The Balaban J connectivity index is 2.43. The number of esters is 1. The van der Waals surface area contributed by atoms with Gasteiger partial charge in [0.25, 0.3) is 0 Å². The van der Waals surface area contributed by atoms with Gasteiger partial charge in [0.1, 0.15) is 5.92 Å². The van der Waals surface area contributed by atoms with Crippen molar-refractivity contribution in [1.82, 2.24) is 9.97 Å². The second kappa shape index (κ2) is 7.62. The summed E-state index contributed by atoms with van der Waals surface area (Å²) in [7, 11) is 3.07. The van der Waals surface area contributed by atoms with E-state index >= 15 is 0 Å². The van der Waals surface area contributed by atoms with Crippen LogP contribution in [0.4, 0.5) is 0 Å². The van der Waals surface area contributed by atoms with Gasteiger partial charge < -0.3 is 14.2 Å². The predicted molar refractivity (Wildman–Crippen MR) is 85.6 cm³/mol. The zero-order valence-corrected chi connectivity index (χ0v) is 14.5. The van der Waals surface area contributed by atoms with E-state index in [0.717, 1.165) is 12.8 Å². The molecule has 1 saturated carbocycles. The molecule has 1 fully saturated rings. The van der Waals surface area contributed by atoms with E-state index in [1.54, 1.807) is 6.07 Å². The molecule has 0 spiro atoms. The number of aromatic nitrogens is 2. The number of nitrogens with zero attached hydrogens (tertiary/aromatic N) is 2. The number of carbonyl (C=O) groups excluding carboxylic acids is 1. The molecule has 0 amide bonds. The van der Waals surface area contributed by atoms with Gasteiger partial charge in [-0.1, -0.05) is 13.8 Å². The fourth-order valence-electron chi connectivity index (χ4n) is 3.54. The van der Waals surface area contributed by atoms with E-state index in [1.165, 1.54) is 14.2 Å². The Morgan fingerprint density at radius 2 is 1.83 bits per heavy atom. The minimum absolute atomic E-state index is 0.167. The van der Waals surface area contributed by atoms with Gasteiger partial charge in [-0.2, -0.15) is 9.97 Å². The van der Waals surface area contributed by atoms with Gasteiger partial charge in [-0.25, -0.2) is 0 Å². The third kappa shape index (κ3) is 3.92.